The van der Waals surface area contributed by atoms with Crippen LogP contribution < -0.4 is 0 Å². The summed E-state index contributed by atoms with van der Waals surface area (Å²) >= 11 is 0. The number of nitrogens with zero attached hydrogens (tertiary/aromatic N) is 1. The molecule has 0 saturated heterocycles. The van der Waals surface area contributed by atoms with Crippen molar-refractivity contribution in [2.75, 3.05) is 20.3 Å². The van der Waals surface area contributed by atoms with Gasteiger partial charge in [0, 0.05) is 5.71 Å². The number of aliphatic hydroxyl groups is 1. The molecular formula is C10H19NO3. The van der Waals surface area contributed by atoms with Crippen molar-refractivity contribution in [1.82, 2.24) is 0 Å². The van der Waals surface area contributed by atoms with Gasteiger partial charge in [0.2, 0.25) is 0 Å². The Balaban J connectivity index is 4.57. The van der Waals surface area contributed by atoms with Crippen LogP contribution in [0.4, 0.5) is 0 Å². The van der Waals surface area contributed by atoms with Crippen molar-refractivity contribution in [2.24, 2.45) is 16.8 Å². The number of aliphatic hydroxyl groups excluding tert-OH is 1. The SMILES string of the molecule is COC(=O)C(C(C)=NCCO)C(C)C. The lowest BCUT2D eigenvalue weighted by molar-refractivity contribution is -0.144. The second kappa shape index (κ2) is 6.54. The van der Waals surface area contributed by atoms with Crippen LogP contribution in [0.2, 0.25) is 0 Å². The molecule has 4 nitrogen and oxygen atoms in total. The van der Waals surface area contributed by atoms with Gasteiger partial charge in [0.15, 0.2) is 0 Å². The third-order valence-electron chi connectivity index (χ3n) is 2.03. The molecule has 1 N–H and O–H groups in total. The summed E-state index contributed by atoms with van der Waals surface area (Å²) < 4.78 is 4.69. The fourth-order valence-corrected chi connectivity index (χ4v) is 1.38. The van der Waals surface area contributed by atoms with E-state index in [4.69, 9.17) is 9.84 Å². The van der Waals surface area contributed by atoms with Crippen LogP contribution in [0.1, 0.15) is 20.8 Å². The van der Waals surface area contributed by atoms with Crippen LogP contribution in [-0.4, -0.2) is 37.0 Å². The Bertz CT molecular complexity index is 211. The zero-order valence-corrected chi connectivity index (χ0v) is 9.28. The van der Waals surface area contributed by atoms with Crippen molar-refractivity contribution in [1.29, 1.82) is 0 Å². The van der Waals surface area contributed by atoms with Crippen LogP contribution in [0.25, 0.3) is 0 Å². The molecule has 0 spiro atoms. The molecule has 0 amide bonds. The van der Waals surface area contributed by atoms with Crippen LogP contribution in [0, 0.1) is 11.8 Å². The van der Waals surface area contributed by atoms with Gasteiger partial charge < -0.3 is 9.84 Å². The summed E-state index contributed by atoms with van der Waals surface area (Å²) in [7, 11) is 1.37. The number of esters is 1. The number of methoxy groups -OCH3 is 1. The lowest BCUT2D eigenvalue weighted by Crippen LogP contribution is -2.28. The highest BCUT2D eigenvalue weighted by atomic mass is 16.5. The molecule has 0 aromatic carbocycles. The Labute approximate surface area is 85.0 Å². The Morgan fingerprint density at radius 3 is 2.43 bits per heavy atom. The maximum atomic E-state index is 11.4. The highest BCUT2D eigenvalue weighted by Crippen LogP contribution is 2.14. The predicted octanol–water partition coefficient (Wildman–Crippen LogP) is 0.885. The molecule has 82 valence electrons. The minimum absolute atomic E-state index is 0.00330. The first kappa shape index (κ1) is 13.1. The van der Waals surface area contributed by atoms with Crippen LogP contribution in [-0.2, 0) is 9.53 Å². The van der Waals surface area contributed by atoms with Crippen LogP contribution in [0.15, 0.2) is 4.99 Å². The molecule has 0 aliphatic rings. The minimum Gasteiger partial charge on any atom is -0.469 e. The maximum Gasteiger partial charge on any atom is 0.314 e. The molecule has 1 unspecified atom stereocenters. The molecule has 0 rings (SSSR count). The fourth-order valence-electron chi connectivity index (χ4n) is 1.38. The van der Waals surface area contributed by atoms with E-state index in [2.05, 4.69) is 4.99 Å². The molecule has 14 heavy (non-hydrogen) atoms. The number of carbonyl (C=O) groups is 1. The number of rotatable bonds is 5. The van der Waals surface area contributed by atoms with E-state index in [-0.39, 0.29) is 24.4 Å². The van der Waals surface area contributed by atoms with Gasteiger partial charge in [0.25, 0.3) is 0 Å². The Hall–Kier alpha value is -0.900. The van der Waals surface area contributed by atoms with E-state index in [9.17, 15) is 4.79 Å². The summed E-state index contributed by atoms with van der Waals surface area (Å²) in [4.78, 5) is 15.5. The average molecular weight is 201 g/mol. The Morgan fingerprint density at radius 1 is 1.50 bits per heavy atom. The summed E-state index contributed by atoms with van der Waals surface area (Å²) in [6.45, 7) is 6.02. The van der Waals surface area contributed by atoms with E-state index < -0.39 is 0 Å². The molecule has 0 aliphatic carbocycles. The van der Waals surface area contributed by atoms with Gasteiger partial charge >= 0.3 is 5.97 Å². The number of hydrogen-bond donors (Lipinski definition) is 1. The van der Waals surface area contributed by atoms with Crippen LogP contribution >= 0.6 is 0 Å². The maximum absolute atomic E-state index is 11.4. The lowest BCUT2D eigenvalue weighted by Gasteiger charge is -2.17. The van der Waals surface area contributed by atoms with Gasteiger partial charge in [-0.1, -0.05) is 13.8 Å². The smallest absolute Gasteiger partial charge is 0.314 e. The van der Waals surface area contributed by atoms with Crippen molar-refractivity contribution in [3.05, 3.63) is 0 Å². The predicted molar refractivity (Wildman–Crippen MR) is 55.4 cm³/mol. The zero-order valence-electron chi connectivity index (χ0n) is 9.28. The molecule has 0 heterocycles. The topological polar surface area (TPSA) is 58.9 Å². The van der Waals surface area contributed by atoms with Gasteiger partial charge in [-0.15, -0.1) is 0 Å². The third kappa shape index (κ3) is 3.87. The van der Waals surface area contributed by atoms with E-state index in [0.717, 1.165) is 5.71 Å². The lowest BCUT2D eigenvalue weighted by atomic mass is 9.92. The van der Waals surface area contributed by atoms with E-state index in [1.807, 2.05) is 13.8 Å². The Kier molecular flexibility index (Phi) is 6.12. The summed E-state index contributed by atoms with van der Waals surface area (Å²) in [5, 5.41) is 8.61. The molecule has 0 bridgehead atoms. The second-order valence-electron chi connectivity index (χ2n) is 3.49. The monoisotopic (exact) mass is 201 g/mol. The van der Waals surface area contributed by atoms with E-state index >= 15 is 0 Å². The molecule has 4 heteroatoms. The van der Waals surface area contributed by atoms with Crippen molar-refractivity contribution in [3.63, 3.8) is 0 Å². The van der Waals surface area contributed by atoms with E-state index in [1.165, 1.54) is 7.11 Å². The number of ether oxygens (including phenoxy) is 1. The first-order valence-corrected chi connectivity index (χ1v) is 4.74. The molecule has 0 aromatic rings. The quantitative estimate of drug-likeness (QED) is 0.530. The normalized spacial score (nSPS) is 14.3. The second-order valence-corrected chi connectivity index (χ2v) is 3.49. The summed E-state index contributed by atoms with van der Waals surface area (Å²) in [6.07, 6.45) is 0. The molecule has 0 aromatic heterocycles. The molecule has 0 saturated carbocycles. The van der Waals surface area contributed by atoms with Crippen molar-refractivity contribution >= 4 is 11.7 Å². The number of carbonyl (C=O) groups excluding carboxylic acids is 1. The molecule has 0 aliphatic heterocycles. The first-order valence-electron chi connectivity index (χ1n) is 4.74. The largest absolute Gasteiger partial charge is 0.469 e. The fraction of sp³-hybridized carbons (Fsp3) is 0.800. The summed E-state index contributed by atoms with van der Waals surface area (Å²) in [6, 6.07) is 0. The zero-order chi connectivity index (χ0) is 11.1. The summed E-state index contributed by atoms with van der Waals surface area (Å²) in [5.41, 5.74) is 0.723. The van der Waals surface area contributed by atoms with Crippen molar-refractivity contribution in [2.45, 2.75) is 20.8 Å². The van der Waals surface area contributed by atoms with Gasteiger partial charge in [-0.05, 0) is 12.8 Å². The molecule has 1 atom stereocenters. The Morgan fingerprint density at radius 2 is 2.07 bits per heavy atom. The molecule has 0 fully saturated rings. The van der Waals surface area contributed by atoms with Gasteiger partial charge in [0.1, 0.15) is 0 Å². The van der Waals surface area contributed by atoms with Gasteiger partial charge in [-0.3, -0.25) is 9.79 Å². The van der Waals surface area contributed by atoms with E-state index in [0.29, 0.717) is 6.54 Å². The number of hydrogen-bond acceptors (Lipinski definition) is 4. The van der Waals surface area contributed by atoms with Crippen LogP contribution in [0.5, 0.6) is 0 Å². The molecular weight excluding hydrogens is 182 g/mol. The molecule has 0 radical (unpaired) electrons. The standard InChI is InChI=1S/C10H19NO3/c1-7(2)9(10(13)14-4)8(3)11-5-6-12/h7,9,12H,5-6H2,1-4H3. The van der Waals surface area contributed by atoms with Crippen molar-refractivity contribution in [3.8, 4) is 0 Å². The minimum atomic E-state index is -0.299. The first-order chi connectivity index (χ1) is 6.54. The highest BCUT2D eigenvalue weighted by molar-refractivity contribution is 6.01. The highest BCUT2D eigenvalue weighted by Gasteiger charge is 2.25. The van der Waals surface area contributed by atoms with Gasteiger partial charge in [0.05, 0.1) is 26.2 Å². The van der Waals surface area contributed by atoms with Gasteiger partial charge in [-0.25, -0.2) is 0 Å². The number of aliphatic imine (C=N–C) groups is 1. The third-order valence-corrected chi connectivity index (χ3v) is 2.03. The summed E-state index contributed by atoms with van der Waals surface area (Å²) in [5.74, 6) is -0.407. The van der Waals surface area contributed by atoms with Crippen molar-refractivity contribution < 1.29 is 14.6 Å². The average Bonchev–Trinajstić information content (AvgIpc) is 2.14. The van der Waals surface area contributed by atoms with Crippen LogP contribution in [0.3, 0.4) is 0 Å². The van der Waals surface area contributed by atoms with Gasteiger partial charge in [-0.2, -0.15) is 0 Å². The van der Waals surface area contributed by atoms with E-state index in [1.54, 1.807) is 6.92 Å².